The summed E-state index contributed by atoms with van der Waals surface area (Å²) in [6, 6.07) is 17.6. The second kappa shape index (κ2) is 10.3. The molecule has 1 fully saturated rings. The summed E-state index contributed by atoms with van der Waals surface area (Å²) in [4.78, 5) is 33.6. The van der Waals surface area contributed by atoms with E-state index in [1.807, 2.05) is 36.9 Å². The number of piperidine rings is 1. The Morgan fingerprint density at radius 1 is 0.972 bits per heavy atom. The molecule has 0 spiro atoms. The molecule has 1 aromatic heterocycles. The molecule has 0 N–H and O–H groups in total. The highest BCUT2D eigenvalue weighted by Gasteiger charge is 2.20. The van der Waals surface area contributed by atoms with E-state index in [2.05, 4.69) is 6.07 Å². The number of nitrogens with zero attached hydrogens (tertiary/aromatic N) is 3. The normalized spacial score (nSPS) is 13.8. The van der Waals surface area contributed by atoms with Gasteiger partial charge in [0.05, 0.1) is 16.6 Å². The van der Waals surface area contributed by atoms with Crippen LogP contribution < -0.4 is 5.56 Å². The van der Waals surface area contributed by atoms with E-state index in [1.54, 1.807) is 28.8 Å². The number of fused-ring (bicyclic) bond motifs is 1. The topological polar surface area (TPSA) is 55.2 Å². The monoisotopic (exact) mass is 501 g/mol. The molecule has 1 amide bonds. The van der Waals surface area contributed by atoms with Crippen molar-refractivity contribution in [3.8, 4) is 5.69 Å². The number of carbonyl (C=O) groups is 1. The van der Waals surface area contributed by atoms with Crippen molar-refractivity contribution in [2.75, 3.05) is 13.1 Å². The Balaban J connectivity index is 1.61. The van der Waals surface area contributed by atoms with Crippen LogP contribution in [0.25, 0.3) is 16.6 Å². The number of aromatic nitrogens is 2. The summed E-state index contributed by atoms with van der Waals surface area (Å²) in [6.45, 7) is 5.50. The summed E-state index contributed by atoms with van der Waals surface area (Å²) in [5, 5.41) is 0.962. The minimum absolute atomic E-state index is 0.0224. The van der Waals surface area contributed by atoms with E-state index in [9.17, 15) is 14.0 Å². The lowest BCUT2D eigenvalue weighted by Crippen LogP contribution is -2.35. The van der Waals surface area contributed by atoms with Crippen LogP contribution in [0.2, 0.25) is 0 Å². The molecule has 0 bridgehead atoms. The zero-order valence-corrected chi connectivity index (χ0v) is 21.3. The lowest BCUT2D eigenvalue weighted by molar-refractivity contribution is 0.0724. The number of benzene rings is 3. The minimum atomic E-state index is -0.299. The Labute approximate surface area is 214 Å². The van der Waals surface area contributed by atoms with Gasteiger partial charge in [-0.15, -0.1) is 0 Å². The van der Waals surface area contributed by atoms with Crippen molar-refractivity contribution < 1.29 is 9.18 Å². The maximum Gasteiger partial charge on any atom is 0.266 e. The molecule has 0 radical (unpaired) electrons. The highest BCUT2D eigenvalue weighted by Crippen LogP contribution is 2.26. The van der Waals surface area contributed by atoms with Gasteiger partial charge in [-0.25, -0.2) is 9.37 Å². The molecule has 3 aromatic carbocycles. The molecule has 5 nitrogen and oxygen atoms in total. The highest BCUT2D eigenvalue weighted by molar-refractivity contribution is 7.98. The smallest absolute Gasteiger partial charge is 0.266 e. The van der Waals surface area contributed by atoms with E-state index >= 15 is 0 Å². The van der Waals surface area contributed by atoms with Crippen molar-refractivity contribution in [1.29, 1.82) is 0 Å². The Kier molecular flexibility index (Phi) is 6.92. The van der Waals surface area contributed by atoms with Crippen LogP contribution in [-0.2, 0) is 5.75 Å². The van der Waals surface area contributed by atoms with E-state index in [0.29, 0.717) is 27.4 Å². The molecule has 7 heteroatoms. The van der Waals surface area contributed by atoms with E-state index in [0.717, 1.165) is 54.7 Å². The maximum atomic E-state index is 13.8. The SMILES string of the molecule is Cc1cc(C)cc(-n2c(SCc3cccc(F)c3)nc3cc(C(=O)N4CCCCC4)ccc3c2=O)c1. The number of rotatable bonds is 5. The fraction of sp³-hybridized carbons (Fsp3) is 0.276. The van der Waals surface area contributed by atoms with Crippen LogP contribution in [-0.4, -0.2) is 33.4 Å². The van der Waals surface area contributed by atoms with E-state index in [-0.39, 0.29) is 17.3 Å². The highest BCUT2D eigenvalue weighted by atomic mass is 32.2. The van der Waals surface area contributed by atoms with Gasteiger partial charge in [0.25, 0.3) is 11.5 Å². The Morgan fingerprint density at radius 3 is 2.44 bits per heavy atom. The third-order valence-electron chi connectivity index (χ3n) is 6.45. The fourth-order valence-corrected chi connectivity index (χ4v) is 5.71. The van der Waals surface area contributed by atoms with Crippen molar-refractivity contribution in [3.63, 3.8) is 0 Å². The van der Waals surface area contributed by atoms with Crippen molar-refractivity contribution in [2.24, 2.45) is 0 Å². The quantitative estimate of drug-likeness (QED) is 0.246. The second-order valence-electron chi connectivity index (χ2n) is 9.38. The van der Waals surface area contributed by atoms with E-state index in [1.165, 1.54) is 23.9 Å². The lowest BCUT2D eigenvalue weighted by atomic mass is 10.1. The van der Waals surface area contributed by atoms with Gasteiger partial charge in [0.15, 0.2) is 5.16 Å². The number of likely N-dealkylation sites (tertiary alicyclic amines) is 1. The fourth-order valence-electron chi connectivity index (χ4n) is 4.76. The lowest BCUT2D eigenvalue weighted by Gasteiger charge is -2.26. The number of amides is 1. The van der Waals surface area contributed by atoms with Crippen LogP contribution in [0.15, 0.2) is 70.6 Å². The first-order valence-electron chi connectivity index (χ1n) is 12.2. The Hall–Kier alpha value is -3.45. The standard InChI is InChI=1S/C29H28FN3O2S/c1-19-13-20(2)15-24(14-19)33-28(35)25-10-9-22(27(34)32-11-4-3-5-12-32)17-26(25)31-29(33)36-18-21-7-6-8-23(30)16-21/h6-10,13-17H,3-5,11-12,18H2,1-2H3. The molecule has 2 heterocycles. The van der Waals surface area contributed by atoms with Gasteiger partial charge in [0.2, 0.25) is 0 Å². The van der Waals surface area contributed by atoms with Gasteiger partial charge in [-0.3, -0.25) is 14.2 Å². The van der Waals surface area contributed by atoms with Gasteiger partial charge in [-0.2, -0.15) is 0 Å². The molecule has 184 valence electrons. The van der Waals surface area contributed by atoms with Crippen LogP contribution >= 0.6 is 11.8 Å². The maximum absolute atomic E-state index is 13.8. The van der Waals surface area contributed by atoms with Crippen molar-refractivity contribution in [1.82, 2.24) is 14.5 Å². The van der Waals surface area contributed by atoms with Gasteiger partial charge in [0.1, 0.15) is 5.82 Å². The Bertz CT molecular complexity index is 1490. The Morgan fingerprint density at radius 2 is 1.72 bits per heavy atom. The first kappa shape index (κ1) is 24.3. The largest absolute Gasteiger partial charge is 0.339 e. The molecule has 4 aromatic rings. The molecule has 1 aliphatic rings. The average molecular weight is 502 g/mol. The first-order valence-corrected chi connectivity index (χ1v) is 13.2. The molecular formula is C29H28FN3O2S. The predicted octanol–water partition coefficient (Wildman–Crippen LogP) is 6.06. The molecule has 0 atom stereocenters. The van der Waals surface area contributed by atoms with Gasteiger partial charge in [-0.05, 0) is 92.3 Å². The van der Waals surface area contributed by atoms with Gasteiger partial charge in [-0.1, -0.05) is 30.0 Å². The van der Waals surface area contributed by atoms with Crippen LogP contribution in [0.4, 0.5) is 4.39 Å². The minimum Gasteiger partial charge on any atom is -0.339 e. The van der Waals surface area contributed by atoms with Gasteiger partial charge < -0.3 is 4.90 Å². The summed E-state index contributed by atoms with van der Waals surface area (Å²) in [5.41, 5.74) is 4.47. The van der Waals surface area contributed by atoms with E-state index < -0.39 is 0 Å². The zero-order valence-electron chi connectivity index (χ0n) is 20.5. The summed E-state index contributed by atoms with van der Waals surface area (Å²) in [7, 11) is 0. The first-order chi connectivity index (χ1) is 17.4. The summed E-state index contributed by atoms with van der Waals surface area (Å²) >= 11 is 1.38. The second-order valence-corrected chi connectivity index (χ2v) is 10.3. The number of thioether (sulfide) groups is 1. The molecule has 0 unspecified atom stereocenters. The van der Waals surface area contributed by atoms with Crippen molar-refractivity contribution in [2.45, 2.75) is 44.0 Å². The molecule has 36 heavy (non-hydrogen) atoms. The number of halogens is 1. The van der Waals surface area contributed by atoms with Crippen molar-refractivity contribution >= 4 is 28.6 Å². The van der Waals surface area contributed by atoms with Gasteiger partial charge in [0, 0.05) is 24.4 Å². The molecule has 1 saturated heterocycles. The van der Waals surface area contributed by atoms with Crippen LogP contribution in [0.5, 0.6) is 0 Å². The van der Waals surface area contributed by atoms with Crippen LogP contribution in [0, 0.1) is 19.7 Å². The van der Waals surface area contributed by atoms with Crippen LogP contribution in [0.1, 0.15) is 46.3 Å². The number of hydrogen-bond acceptors (Lipinski definition) is 4. The number of aryl methyl sites for hydroxylation is 2. The summed E-state index contributed by atoms with van der Waals surface area (Å²) in [5.74, 6) is 0.130. The molecule has 5 rings (SSSR count). The number of carbonyl (C=O) groups excluding carboxylic acids is 1. The molecule has 0 aliphatic carbocycles. The molecule has 1 aliphatic heterocycles. The van der Waals surface area contributed by atoms with Crippen molar-refractivity contribution in [3.05, 3.63) is 99.1 Å². The average Bonchev–Trinajstić information content (AvgIpc) is 2.86. The predicted molar refractivity (Wildman–Crippen MR) is 143 cm³/mol. The van der Waals surface area contributed by atoms with E-state index in [4.69, 9.17) is 4.98 Å². The third kappa shape index (κ3) is 5.07. The third-order valence-corrected chi connectivity index (χ3v) is 7.46. The number of hydrogen-bond donors (Lipinski definition) is 0. The molecular weight excluding hydrogens is 473 g/mol. The summed E-state index contributed by atoms with van der Waals surface area (Å²) < 4.78 is 15.4. The van der Waals surface area contributed by atoms with Gasteiger partial charge >= 0.3 is 0 Å². The van der Waals surface area contributed by atoms with Crippen LogP contribution in [0.3, 0.4) is 0 Å². The summed E-state index contributed by atoms with van der Waals surface area (Å²) in [6.07, 6.45) is 3.17. The molecule has 0 saturated carbocycles. The zero-order chi connectivity index (χ0) is 25.2.